The molecule has 15 heavy (non-hydrogen) atoms. The summed E-state index contributed by atoms with van der Waals surface area (Å²) in [6, 6.07) is 0. The molecule has 2 N–H and O–H groups in total. The van der Waals surface area contributed by atoms with E-state index in [1.54, 1.807) is 7.05 Å². The average Bonchev–Trinajstić information content (AvgIpc) is 2.97. The largest absolute Gasteiger partial charge is 0.481 e. The predicted molar refractivity (Wildman–Crippen MR) is 55.5 cm³/mol. The number of carboxylic acid groups (broad SMARTS) is 1. The van der Waals surface area contributed by atoms with Crippen molar-refractivity contribution >= 4 is 11.9 Å². The van der Waals surface area contributed by atoms with Crippen LogP contribution in [-0.4, -0.2) is 48.6 Å². The van der Waals surface area contributed by atoms with Crippen LogP contribution in [0.3, 0.4) is 0 Å². The number of nitrogens with zero attached hydrogens (tertiary/aromatic N) is 1. The fourth-order valence-electron chi connectivity index (χ4n) is 1.23. The Balaban J connectivity index is 2.05. The molecule has 0 atom stereocenters. The highest BCUT2D eigenvalue weighted by Crippen LogP contribution is 2.27. The molecule has 1 fully saturated rings. The third kappa shape index (κ3) is 5.37. The third-order valence-electron chi connectivity index (χ3n) is 2.49. The van der Waals surface area contributed by atoms with E-state index in [1.165, 1.54) is 17.7 Å². The van der Waals surface area contributed by atoms with Crippen LogP contribution in [-0.2, 0) is 9.59 Å². The molecule has 0 spiro atoms. The Kier molecular flexibility index (Phi) is 4.55. The Morgan fingerprint density at radius 3 is 2.67 bits per heavy atom. The summed E-state index contributed by atoms with van der Waals surface area (Å²) in [4.78, 5) is 23.2. The van der Waals surface area contributed by atoms with Crippen molar-refractivity contribution < 1.29 is 14.7 Å². The maximum absolute atomic E-state index is 11.4. The van der Waals surface area contributed by atoms with Crippen LogP contribution >= 0.6 is 0 Å². The minimum absolute atomic E-state index is 0.00483. The first-order valence-corrected chi connectivity index (χ1v) is 5.26. The number of likely N-dealkylation sites (N-methyl/N-ethyl adjacent to an activating group) is 1. The summed E-state index contributed by atoms with van der Waals surface area (Å²) in [5.74, 6) is -0.167. The third-order valence-corrected chi connectivity index (χ3v) is 2.49. The van der Waals surface area contributed by atoms with Crippen molar-refractivity contribution in [1.29, 1.82) is 0 Å². The van der Waals surface area contributed by atoms with Gasteiger partial charge >= 0.3 is 5.97 Å². The first-order valence-electron chi connectivity index (χ1n) is 5.26. The van der Waals surface area contributed by atoms with E-state index in [0.29, 0.717) is 6.54 Å². The molecule has 0 aromatic heterocycles. The fraction of sp³-hybridized carbons (Fsp3) is 0.800. The van der Waals surface area contributed by atoms with Gasteiger partial charge in [0, 0.05) is 13.6 Å². The molecular weight excluding hydrogens is 196 g/mol. The van der Waals surface area contributed by atoms with E-state index in [1.807, 2.05) is 0 Å². The number of carbonyl (C=O) groups is 2. The molecule has 0 aromatic carbocycles. The molecule has 5 heteroatoms. The van der Waals surface area contributed by atoms with Gasteiger partial charge in [0.25, 0.3) is 0 Å². The summed E-state index contributed by atoms with van der Waals surface area (Å²) in [5, 5.41) is 11.5. The Bertz CT molecular complexity index is 239. The van der Waals surface area contributed by atoms with Gasteiger partial charge in [0.15, 0.2) is 0 Å². The topological polar surface area (TPSA) is 69.6 Å². The molecule has 0 radical (unpaired) electrons. The van der Waals surface area contributed by atoms with Crippen molar-refractivity contribution in [3.8, 4) is 0 Å². The number of hydrogen-bond donors (Lipinski definition) is 2. The van der Waals surface area contributed by atoms with Crippen LogP contribution in [0.25, 0.3) is 0 Å². The number of nitrogens with one attached hydrogen (secondary N) is 1. The van der Waals surface area contributed by atoms with Crippen LogP contribution in [0.1, 0.15) is 19.3 Å². The molecule has 1 saturated carbocycles. The maximum Gasteiger partial charge on any atom is 0.305 e. The van der Waals surface area contributed by atoms with Gasteiger partial charge in [0.1, 0.15) is 0 Å². The van der Waals surface area contributed by atoms with Crippen LogP contribution < -0.4 is 5.32 Å². The number of hydrogen-bond acceptors (Lipinski definition) is 3. The van der Waals surface area contributed by atoms with Gasteiger partial charge < -0.3 is 15.3 Å². The summed E-state index contributed by atoms with van der Waals surface area (Å²) in [7, 11) is 1.63. The summed E-state index contributed by atoms with van der Waals surface area (Å²) >= 11 is 0. The van der Waals surface area contributed by atoms with E-state index < -0.39 is 5.97 Å². The first-order chi connectivity index (χ1) is 7.09. The van der Waals surface area contributed by atoms with E-state index in [9.17, 15) is 9.59 Å². The van der Waals surface area contributed by atoms with Gasteiger partial charge in [-0.25, -0.2) is 0 Å². The van der Waals surface area contributed by atoms with Crippen molar-refractivity contribution in [1.82, 2.24) is 10.2 Å². The molecule has 0 unspecified atom stereocenters. The second-order valence-corrected chi connectivity index (χ2v) is 4.03. The van der Waals surface area contributed by atoms with Crippen LogP contribution in [0.4, 0.5) is 0 Å². The smallest absolute Gasteiger partial charge is 0.305 e. The highest BCUT2D eigenvalue weighted by atomic mass is 16.4. The van der Waals surface area contributed by atoms with Crippen molar-refractivity contribution in [3.05, 3.63) is 0 Å². The quantitative estimate of drug-likeness (QED) is 0.622. The summed E-state index contributed by atoms with van der Waals surface area (Å²) in [6.07, 6.45) is 2.52. The van der Waals surface area contributed by atoms with Crippen LogP contribution in [0.2, 0.25) is 0 Å². The lowest BCUT2D eigenvalue weighted by Gasteiger charge is -2.16. The molecule has 1 aliphatic rings. The lowest BCUT2D eigenvalue weighted by atomic mass is 10.3. The highest BCUT2D eigenvalue weighted by Gasteiger charge is 2.20. The molecule has 86 valence electrons. The monoisotopic (exact) mass is 214 g/mol. The molecule has 0 aliphatic heterocycles. The molecule has 0 heterocycles. The number of aliphatic carboxylic acids is 1. The number of rotatable bonds is 7. The van der Waals surface area contributed by atoms with E-state index in [4.69, 9.17) is 5.11 Å². The van der Waals surface area contributed by atoms with Gasteiger partial charge in [-0.15, -0.1) is 0 Å². The average molecular weight is 214 g/mol. The highest BCUT2D eigenvalue weighted by molar-refractivity contribution is 5.78. The van der Waals surface area contributed by atoms with E-state index in [-0.39, 0.29) is 18.9 Å². The van der Waals surface area contributed by atoms with Gasteiger partial charge in [-0.05, 0) is 25.3 Å². The minimum Gasteiger partial charge on any atom is -0.481 e. The lowest BCUT2D eigenvalue weighted by Crippen LogP contribution is -2.37. The van der Waals surface area contributed by atoms with Crippen molar-refractivity contribution in [2.24, 2.45) is 5.92 Å². The second-order valence-electron chi connectivity index (χ2n) is 4.03. The van der Waals surface area contributed by atoms with E-state index in [0.717, 1.165) is 12.5 Å². The fourth-order valence-corrected chi connectivity index (χ4v) is 1.23. The molecule has 1 rings (SSSR count). The first kappa shape index (κ1) is 12.0. The van der Waals surface area contributed by atoms with Crippen molar-refractivity contribution in [2.45, 2.75) is 19.3 Å². The molecule has 0 aromatic rings. The summed E-state index contributed by atoms with van der Waals surface area (Å²) in [6.45, 7) is 1.49. The zero-order valence-electron chi connectivity index (χ0n) is 9.03. The molecule has 1 amide bonds. The summed E-state index contributed by atoms with van der Waals surface area (Å²) < 4.78 is 0. The number of carboxylic acids is 1. The molecule has 1 aliphatic carbocycles. The van der Waals surface area contributed by atoms with Gasteiger partial charge in [0.05, 0.1) is 13.0 Å². The van der Waals surface area contributed by atoms with Gasteiger partial charge in [-0.3, -0.25) is 9.59 Å². The van der Waals surface area contributed by atoms with Crippen molar-refractivity contribution in [2.75, 3.05) is 26.7 Å². The van der Waals surface area contributed by atoms with Gasteiger partial charge in [-0.1, -0.05) is 0 Å². The normalized spacial score (nSPS) is 15.0. The van der Waals surface area contributed by atoms with Crippen LogP contribution in [0.5, 0.6) is 0 Å². The van der Waals surface area contributed by atoms with Crippen LogP contribution in [0.15, 0.2) is 0 Å². The van der Waals surface area contributed by atoms with Gasteiger partial charge in [-0.2, -0.15) is 0 Å². The van der Waals surface area contributed by atoms with Crippen molar-refractivity contribution in [3.63, 3.8) is 0 Å². The summed E-state index contributed by atoms with van der Waals surface area (Å²) in [5.41, 5.74) is 0. The lowest BCUT2D eigenvalue weighted by molar-refractivity contribution is -0.138. The zero-order chi connectivity index (χ0) is 11.3. The minimum atomic E-state index is -0.874. The molecule has 5 nitrogen and oxygen atoms in total. The Labute approximate surface area is 89.4 Å². The van der Waals surface area contributed by atoms with E-state index >= 15 is 0 Å². The Morgan fingerprint density at radius 2 is 2.13 bits per heavy atom. The standard InChI is InChI=1S/C10H18N2O3/c1-12(5-4-10(14)15)9(13)7-11-6-8-2-3-8/h8,11H,2-7H2,1H3,(H,14,15). The number of amides is 1. The predicted octanol–water partition coefficient (Wildman–Crippen LogP) is -0.0809. The number of carbonyl (C=O) groups excluding carboxylic acids is 1. The van der Waals surface area contributed by atoms with Gasteiger partial charge in [0.2, 0.25) is 5.91 Å². The maximum atomic E-state index is 11.4. The second kappa shape index (κ2) is 5.70. The molecular formula is C10H18N2O3. The zero-order valence-corrected chi connectivity index (χ0v) is 9.03. The molecule has 0 saturated heterocycles. The Hall–Kier alpha value is -1.10. The molecule has 0 bridgehead atoms. The van der Waals surface area contributed by atoms with Crippen LogP contribution in [0, 0.1) is 5.92 Å². The van der Waals surface area contributed by atoms with E-state index in [2.05, 4.69) is 5.32 Å². The SMILES string of the molecule is CN(CCC(=O)O)C(=O)CNCC1CC1. The Morgan fingerprint density at radius 1 is 1.47 bits per heavy atom.